The van der Waals surface area contributed by atoms with Gasteiger partial charge in [0.2, 0.25) is 0 Å². The van der Waals surface area contributed by atoms with E-state index in [9.17, 15) is 9.59 Å². The van der Waals surface area contributed by atoms with Gasteiger partial charge in [-0.1, -0.05) is 26.0 Å². The summed E-state index contributed by atoms with van der Waals surface area (Å²) in [7, 11) is 1.36. The SMILES string of the molecule is CC.COC(=O)c1ccc(Cn2ccccc2=O)c(C)c1. The first-order chi connectivity index (χ1) is 10.1. The summed E-state index contributed by atoms with van der Waals surface area (Å²) in [5.74, 6) is -0.355. The maximum absolute atomic E-state index is 11.6. The molecule has 2 rings (SSSR count). The van der Waals surface area contributed by atoms with E-state index in [-0.39, 0.29) is 11.5 Å². The van der Waals surface area contributed by atoms with Crippen LogP contribution in [0.15, 0.2) is 47.4 Å². The molecule has 0 unspecified atom stereocenters. The lowest BCUT2D eigenvalue weighted by Gasteiger charge is -2.09. The number of hydrogen-bond acceptors (Lipinski definition) is 3. The van der Waals surface area contributed by atoms with E-state index in [1.165, 1.54) is 13.2 Å². The Morgan fingerprint density at radius 2 is 1.90 bits per heavy atom. The van der Waals surface area contributed by atoms with Crippen LogP contribution in [-0.4, -0.2) is 17.6 Å². The maximum Gasteiger partial charge on any atom is 0.337 e. The number of nitrogens with zero attached hydrogens (tertiary/aromatic N) is 1. The smallest absolute Gasteiger partial charge is 0.337 e. The van der Waals surface area contributed by atoms with Gasteiger partial charge >= 0.3 is 5.97 Å². The van der Waals surface area contributed by atoms with Crippen molar-refractivity contribution in [1.82, 2.24) is 4.57 Å². The largest absolute Gasteiger partial charge is 0.465 e. The Morgan fingerprint density at radius 3 is 2.48 bits per heavy atom. The first kappa shape index (κ1) is 16.7. The molecule has 0 atom stereocenters. The standard InChI is InChI=1S/C15H15NO3.C2H6/c1-11-9-12(15(18)19-2)6-7-13(11)10-16-8-4-3-5-14(16)17;1-2/h3-9H,10H2,1-2H3;1-2H3. The third-order valence-corrected chi connectivity index (χ3v) is 3.00. The minimum atomic E-state index is -0.355. The van der Waals surface area contributed by atoms with Crippen LogP contribution in [0, 0.1) is 6.92 Å². The lowest BCUT2D eigenvalue weighted by atomic mass is 10.0. The fourth-order valence-corrected chi connectivity index (χ4v) is 1.89. The highest BCUT2D eigenvalue weighted by Crippen LogP contribution is 2.13. The molecule has 112 valence electrons. The van der Waals surface area contributed by atoms with Crippen molar-refractivity contribution in [3.63, 3.8) is 0 Å². The van der Waals surface area contributed by atoms with Crippen molar-refractivity contribution in [1.29, 1.82) is 0 Å². The molecule has 0 N–H and O–H groups in total. The normalized spacial score (nSPS) is 9.52. The van der Waals surface area contributed by atoms with E-state index < -0.39 is 0 Å². The van der Waals surface area contributed by atoms with E-state index in [2.05, 4.69) is 4.74 Å². The predicted octanol–water partition coefficient (Wildman–Crippen LogP) is 3.02. The molecule has 0 bridgehead atoms. The van der Waals surface area contributed by atoms with E-state index in [0.29, 0.717) is 12.1 Å². The Hall–Kier alpha value is -2.36. The average Bonchev–Trinajstić information content (AvgIpc) is 2.52. The summed E-state index contributed by atoms with van der Waals surface area (Å²) >= 11 is 0. The molecule has 0 radical (unpaired) electrons. The Bertz CT molecular complexity index is 659. The number of rotatable bonds is 3. The zero-order valence-corrected chi connectivity index (χ0v) is 12.9. The van der Waals surface area contributed by atoms with Crippen LogP contribution in [0.5, 0.6) is 0 Å². The van der Waals surface area contributed by atoms with Gasteiger partial charge in [-0.05, 0) is 36.2 Å². The minimum Gasteiger partial charge on any atom is -0.465 e. The Balaban J connectivity index is 0.00000106. The molecule has 4 nitrogen and oxygen atoms in total. The molecule has 2 aromatic rings. The fraction of sp³-hybridized carbons (Fsp3) is 0.294. The van der Waals surface area contributed by atoms with Gasteiger partial charge in [-0.2, -0.15) is 0 Å². The van der Waals surface area contributed by atoms with Crippen molar-refractivity contribution in [3.8, 4) is 0 Å². The summed E-state index contributed by atoms with van der Waals surface area (Å²) in [6, 6.07) is 10.4. The lowest BCUT2D eigenvalue weighted by molar-refractivity contribution is 0.0600. The van der Waals surface area contributed by atoms with Crippen molar-refractivity contribution in [2.45, 2.75) is 27.3 Å². The quantitative estimate of drug-likeness (QED) is 0.815. The number of pyridine rings is 1. The lowest BCUT2D eigenvalue weighted by Crippen LogP contribution is -2.18. The minimum absolute atomic E-state index is 0.0426. The summed E-state index contributed by atoms with van der Waals surface area (Å²) in [4.78, 5) is 23.1. The third-order valence-electron chi connectivity index (χ3n) is 3.00. The fourth-order valence-electron chi connectivity index (χ4n) is 1.89. The summed E-state index contributed by atoms with van der Waals surface area (Å²) in [6.45, 7) is 6.41. The van der Waals surface area contributed by atoms with E-state index in [4.69, 9.17) is 0 Å². The number of ether oxygens (including phenoxy) is 1. The second kappa shape index (κ2) is 8.04. The Morgan fingerprint density at radius 1 is 1.19 bits per heavy atom. The van der Waals surface area contributed by atoms with Crippen LogP contribution < -0.4 is 5.56 Å². The van der Waals surface area contributed by atoms with E-state index >= 15 is 0 Å². The Labute approximate surface area is 125 Å². The van der Waals surface area contributed by atoms with Crippen LogP contribution in [0.2, 0.25) is 0 Å². The molecule has 0 saturated heterocycles. The first-order valence-corrected chi connectivity index (χ1v) is 6.95. The van der Waals surface area contributed by atoms with Gasteiger partial charge in [-0.25, -0.2) is 4.79 Å². The molecule has 0 spiro atoms. The van der Waals surface area contributed by atoms with Crippen LogP contribution in [0.25, 0.3) is 0 Å². The van der Waals surface area contributed by atoms with Crippen molar-refractivity contribution in [2.75, 3.05) is 7.11 Å². The highest BCUT2D eigenvalue weighted by atomic mass is 16.5. The molecule has 4 heteroatoms. The van der Waals surface area contributed by atoms with Crippen molar-refractivity contribution >= 4 is 5.97 Å². The molecule has 0 aliphatic carbocycles. The predicted molar refractivity (Wildman–Crippen MR) is 83.7 cm³/mol. The molecule has 1 aromatic carbocycles. The molecule has 21 heavy (non-hydrogen) atoms. The average molecular weight is 287 g/mol. The van der Waals surface area contributed by atoms with Gasteiger partial charge in [0.1, 0.15) is 0 Å². The number of aryl methyl sites for hydroxylation is 1. The molecule has 0 fully saturated rings. The highest BCUT2D eigenvalue weighted by molar-refractivity contribution is 5.89. The first-order valence-electron chi connectivity index (χ1n) is 6.95. The van der Waals surface area contributed by atoms with Gasteiger partial charge in [0.25, 0.3) is 5.56 Å². The van der Waals surface area contributed by atoms with Crippen molar-refractivity contribution in [2.24, 2.45) is 0 Å². The molecule has 0 amide bonds. The number of hydrogen-bond donors (Lipinski definition) is 0. The number of carbonyl (C=O) groups excluding carboxylic acids is 1. The molecule has 1 aromatic heterocycles. The molecular weight excluding hydrogens is 266 g/mol. The zero-order chi connectivity index (χ0) is 15.8. The number of aromatic nitrogens is 1. The topological polar surface area (TPSA) is 48.3 Å². The summed E-state index contributed by atoms with van der Waals surface area (Å²) < 4.78 is 6.30. The number of carbonyl (C=O) groups is 1. The second-order valence-corrected chi connectivity index (χ2v) is 4.30. The van der Waals surface area contributed by atoms with Crippen molar-refractivity contribution < 1.29 is 9.53 Å². The number of benzene rings is 1. The summed E-state index contributed by atoms with van der Waals surface area (Å²) in [5.41, 5.74) is 2.43. The van der Waals surface area contributed by atoms with Crippen LogP contribution >= 0.6 is 0 Å². The zero-order valence-electron chi connectivity index (χ0n) is 12.9. The maximum atomic E-state index is 11.6. The molecular formula is C17H21NO3. The van der Waals surface area contributed by atoms with Gasteiger partial charge in [0, 0.05) is 12.3 Å². The van der Waals surface area contributed by atoms with Crippen LogP contribution in [-0.2, 0) is 11.3 Å². The Kier molecular flexibility index (Phi) is 6.40. The van der Waals surface area contributed by atoms with Gasteiger partial charge in [-0.15, -0.1) is 0 Å². The second-order valence-electron chi connectivity index (χ2n) is 4.30. The van der Waals surface area contributed by atoms with E-state index in [1.54, 1.807) is 29.0 Å². The van der Waals surface area contributed by atoms with Crippen LogP contribution in [0.1, 0.15) is 35.3 Å². The van der Waals surface area contributed by atoms with Crippen molar-refractivity contribution in [3.05, 3.63) is 69.6 Å². The molecule has 0 aliphatic rings. The van der Waals surface area contributed by atoms with Crippen LogP contribution in [0.4, 0.5) is 0 Å². The van der Waals surface area contributed by atoms with Gasteiger partial charge in [-0.3, -0.25) is 4.79 Å². The summed E-state index contributed by atoms with van der Waals surface area (Å²) in [6.07, 6.45) is 1.75. The van der Waals surface area contributed by atoms with Crippen LogP contribution in [0.3, 0.4) is 0 Å². The highest BCUT2D eigenvalue weighted by Gasteiger charge is 2.08. The number of methoxy groups -OCH3 is 1. The molecule has 1 heterocycles. The van der Waals surface area contributed by atoms with Gasteiger partial charge in [0.05, 0.1) is 19.2 Å². The monoisotopic (exact) mass is 287 g/mol. The van der Waals surface area contributed by atoms with E-state index in [1.807, 2.05) is 32.9 Å². The third kappa shape index (κ3) is 4.31. The van der Waals surface area contributed by atoms with Gasteiger partial charge < -0.3 is 9.30 Å². The number of esters is 1. The molecule has 0 saturated carbocycles. The van der Waals surface area contributed by atoms with Gasteiger partial charge in [0.15, 0.2) is 0 Å². The summed E-state index contributed by atoms with van der Waals surface area (Å²) in [5, 5.41) is 0. The molecule has 0 aliphatic heterocycles. The van der Waals surface area contributed by atoms with E-state index in [0.717, 1.165) is 11.1 Å².